The summed E-state index contributed by atoms with van der Waals surface area (Å²) in [6.45, 7) is 1.33. The monoisotopic (exact) mass is 216 g/mol. The van der Waals surface area contributed by atoms with Crippen LogP contribution < -0.4 is 0 Å². The zero-order chi connectivity index (χ0) is 11.4. The molecule has 0 bridgehead atoms. The predicted octanol–water partition coefficient (Wildman–Crippen LogP) is -1.14. The van der Waals surface area contributed by atoms with E-state index in [1.165, 1.54) is 12.0 Å². The summed E-state index contributed by atoms with van der Waals surface area (Å²) in [5.41, 5.74) is 0. The van der Waals surface area contributed by atoms with Crippen LogP contribution in [0.4, 0.5) is 0 Å². The average molecular weight is 216 g/mol. The van der Waals surface area contributed by atoms with Crippen molar-refractivity contribution in [1.29, 1.82) is 0 Å². The number of rotatable bonds is 4. The molecule has 1 atom stereocenters. The molecule has 1 aliphatic heterocycles. The van der Waals surface area contributed by atoms with Gasteiger partial charge in [0.15, 0.2) is 0 Å². The second kappa shape index (κ2) is 5.09. The molecule has 0 aromatic rings. The van der Waals surface area contributed by atoms with Crippen molar-refractivity contribution in [2.45, 2.75) is 6.04 Å². The van der Waals surface area contributed by atoms with Crippen molar-refractivity contribution in [3.8, 4) is 0 Å². The Balaban J connectivity index is 2.69. The molecular formula is C9H16N2O4. The second-order valence-electron chi connectivity index (χ2n) is 3.63. The van der Waals surface area contributed by atoms with Crippen LogP contribution in [-0.4, -0.2) is 73.2 Å². The molecule has 1 heterocycles. The molecule has 1 rings (SSSR count). The lowest BCUT2D eigenvalue weighted by atomic mass is 10.1. The summed E-state index contributed by atoms with van der Waals surface area (Å²) in [6, 6.07) is -0.758. The van der Waals surface area contributed by atoms with Gasteiger partial charge in [-0.05, 0) is 7.05 Å². The molecule has 1 amide bonds. The van der Waals surface area contributed by atoms with Crippen LogP contribution in [0.25, 0.3) is 0 Å². The first-order valence-electron chi connectivity index (χ1n) is 4.76. The molecule has 6 nitrogen and oxygen atoms in total. The summed E-state index contributed by atoms with van der Waals surface area (Å²) in [5, 5.41) is 8.98. The van der Waals surface area contributed by atoms with Gasteiger partial charge in [0.05, 0.1) is 13.2 Å². The number of piperazine rings is 1. The first-order chi connectivity index (χ1) is 7.06. The number of carboxylic acids is 1. The Bertz CT molecular complexity index is 256. The van der Waals surface area contributed by atoms with Gasteiger partial charge in [0.25, 0.3) is 0 Å². The van der Waals surface area contributed by atoms with Crippen LogP contribution in [0, 0.1) is 0 Å². The maximum Gasteiger partial charge on any atom is 0.327 e. The van der Waals surface area contributed by atoms with Gasteiger partial charge in [-0.2, -0.15) is 0 Å². The molecule has 0 aromatic carbocycles. The van der Waals surface area contributed by atoms with Gasteiger partial charge >= 0.3 is 5.97 Å². The third-order valence-electron chi connectivity index (χ3n) is 2.41. The second-order valence-corrected chi connectivity index (χ2v) is 3.63. The number of hydrogen-bond donors (Lipinski definition) is 1. The minimum absolute atomic E-state index is 0.159. The van der Waals surface area contributed by atoms with Crippen molar-refractivity contribution >= 4 is 11.9 Å². The van der Waals surface area contributed by atoms with E-state index in [-0.39, 0.29) is 12.5 Å². The van der Waals surface area contributed by atoms with Gasteiger partial charge in [-0.1, -0.05) is 0 Å². The first kappa shape index (κ1) is 11.9. The van der Waals surface area contributed by atoms with Gasteiger partial charge in [-0.15, -0.1) is 0 Å². The minimum Gasteiger partial charge on any atom is -0.480 e. The Kier molecular flexibility index (Phi) is 4.05. The molecule has 86 valence electrons. The summed E-state index contributed by atoms with van der Waals surface area (Å²) >= 11 is 0. The van der Waals surface area contributed by atoms with E-state index in [1.807, 2.05) is 0 Å². The quantitative estimate of drug-likeness (QED) is 0.643. The van der Waals surface area contributed by atoms with E-state index in [9.17, 15) is 9.59 Å². The molecule has 1 aliphatic rings. The number of carbonyl (C=O) groups excluding carboxylic acids is 1. The van der Waals surface area contributed by atoms with Crippen molar-refractivity contribution in [2.75, 3.05) is 40.4 Å². The van der Waals surface area contributed by atoms with E-state index in [1.54, 1.807) is 11.9 Å². The number of carboxylic acid groups (broad SMARTS) is 1. The highest BCUT2D eigenvalue weighted by Crippen LogP contribution is 2.09. The summed E-state index contributed by atoms with van der Waals surface area (Å²) < 4.78 is 4.85. The van der Waals surface area contributed by atoms with E-state index >= 15 is 0 Å². The number of amides is 1. The van der Waals surface area contributed by atoms with Gasteiger partial charge in [0.2, 0.25) is 5.91 Å². The molecule has 1 fully saturated rings. The zero-order valence-electron chi connectivity index (χ0n) is 8.97. The maximum absolute atomic E-state index is 11.6. The molecule has 0 saturated carbocycles. The third-order valence-corrected chi connectivity index (χ3v) is 2.41. The van der Waals surface area contributed by atoms with Crippen molar-refractivity contribution in [2.24, 2.45) is 0 Å². The van der Waals surface area contributed by atoms with E-state index in [0.717, 1.165) is 0 Å². The molecule has 1 unspecified atom stereocenters. The van der Waals surface area contributed by atoms with E-state index in [4.69, 9.17) is 9.84 Å². The van der Waals surface area contributed by atoms with Gasteiger partial charge in [-0.3, -0.25) is 9.69 Å². The lowest BCUT2D eigenvalue weighted by Crippen LogP contribution is -2.59. The Morgan fingerprint density at radius 2 is 2.33 bits per heavy atom. The average Bonchev–Trinajstić information content (AvgIpc) is 2.15. The third kappa shape index (κ3) is 2.90. The zero-order valence-corrected chi connectivity index (χ0v) is 8.97. The lowest BCUT2D eigenvalue weighted by Gasteiger charge is -2.37. The highest BCUT2D eigenvalue weighted by Gasteiger charge is 2.35. The molecule has 0 aliphatic carbocycles. The lowest BCUT2D eigenvalue weighted by molar-refractivity contribution is -0.155. The van der Waals surface area contributed by atoms with Crippen molar-refractivity contribution in [3.05, 3.63) is 0 Å². The molecular weight excluding hydrogens is 200 g/mol. The Hall–Kier alpha value is -1.14. The van der Waals surface area contributed by atoms with Crippen LogP contribution in [0.3, 0.4) is 0 Å². The standard InChI is InChI=1S/C9H16N2O4/c1-10-5-7(9(13)14)11(3-4-15-2)8(12)6-10/h7H,3-6H2,1-2H3,(H,13,14). The molecule has 1 saturated heterocycles. The molecule has 0 spiro atoms. The molecule has 15 heavy (non-hydrogen) atoms. The molecule has 6 heteroatoms. The number of hydrogen-bond acceptors (Lipinski definition) is 4. The molecule has 1 N–H and O–H groups in total. The molecule has 0 aromatic heterocycles. The maximum atomic E-state index is 11.6. The topological polar surface area (TPSA) is 70.1 Å². The van der Waals surface area contributed by atoms with E-state index in [2.05, 4.69) is 0 Å². The smallest absolute Gasteiger partial charge is 0.327 e. The summed E-state index contributed by atoms with van der Waals surface area (Å²) in [5.74, 6) is -1.13. The van der Waals surface area contributed by atoms with Crippen LogP contribution in [0.2, 0.25) is 0 Å². The molecule has 0 radical (unpaired) electrons. The van der Waals surface area contributed by atoms with Crippen LogP contribution in [0.5, 0.6) is 0 Å². The van der Waals surface area contributed by atoms with Crippen molar-refractivity contribution < 1.29 is 19.4 Å². The SMILES string of the molecule is COCCN1C(=O)CN(C)CC1C(=O)O. The van der Waals surface area contributed by atoms with Gasteiger partial charge in [-0.25, -0.2) is 4.79 Å². The fourth-order valence-corrected chi connectivity index (χ4v) is 1.64. The van der Waals surface area contributed by atoms with Gasteiger partial charge in [0.1, 0.15) is 6.04 Å². The highest BCUT2D eigenvalue weighted by molar-refractivity contribution is 5.86. The van der Waals surface area contributed by atoms with Gasteiger partial charge in [0, 0.05) is 20.2 Å². The van der Waals surface area contributed by atoms with Crippen LogP contribution in [-0.2, 0) is 14.3 Å². The van der Waals surface area contributed by atoms with Crippen LogP contribution >= 0.6 is 0 Å². The number of methoxy groups -OCH3 is 1. The van der Waals surface area contributed by atoms with Crippen molar-refractivity contribution in [3.63, 3.8) is 0 Å². The highest BCUT2D eigenvalue weighted by atomic mass is 16.5. The number of likely N-dealkylation sites (N-methyl/N-ethyl adjacent to an activating group) is 1. The summed E-state index contributed by atoms with van der Waals surface area (Å²) in [7, 11) is 3.26. The Morgan fingerprint density at radius 1 is 1.67 bits per heavy atom. The van der Waals surface area contributed by atoms with E-state index in [0.29, 0.717) is 19.7 Å². The van der Waals surface area contributed by atoms with Crippen LogP contribution in [0.1, 0.15) is 0 Å². The van der Waals surface area contributed by atoms with Crippen molar-refractivity contribution in [1.82, 2.24) is 9.80 Å². The minimum atomic E-state index is -0.967. The number of carbonyl (C=O) groups is 2. The normalized spacial score (nSPS) is 23.2. The Labute approximate surface area is 88.4 Å². The first-order valence-corrected chi connectivity index (χ1v) is 4.76. The predicted molar refractivity (Wildman–Crippen MR) is 52.5 cm³/mol. The number of ether oxygens (including phenoxy) is 1. The largest absolute Gasteiger partial charge is 0.480 e. The summed E-state index contributed by atoms with van der Waals surface area (Å²) in [4.78, 5) is 25.6. The van der Waals surface area contributed by atoms with Gasteiger partial charge < -0.3 is 14.7 Å². The van der Waals surface area contributed by atoms with E-state index < -0.39 is 12.0 Å². The number of nitrogens with zero attached hydrogens (tertiary/aromatic N) is 2. The Morgan fingerprint density at radius 3 is 2.87 bits per heavy atom. The number of aliphatic carboxylic acids is 1. The fraction of sp³-hybridized carbons (Fsp3) is 0.778. The van der Waals surface area contributed by atoms with Crippen LogP contribution in [0.15, 0.2) is 0 Å². The fourth-order valence-electron chi connectivity index (χ4n) is 1.64. The summed E-state index contributed by atoms with van der Waals surface area (Å²) in [6.07, 6.45) is 0.